The molecule has 3 N–H and O–H groups in total. The number of hydrogen-bond acceptors (Lipinski definition) is 4. The number of nitrogens with one attached hydrogen (secondary N) is 3. The van der Waals surface area contributed by atoms with E-state index in [0.717, 1.165) is 57.1 Å². The van der Waals surface area contributed by atoms with Crippen molar-refractivity contribution in [2.75, 3.05) is 39.5 Å². The van der Waals surface area contributed by atoms with Gasteiger partial charge in [0.2, 0.25) is 0 Å². The van der Waals surface area contributed by atoms with E-state index in [4.69, 9.17) is 9.47 Å². The van der Waals surface area contributed by atoms with E-state index in [1.807, 2.05) is 38.1 Å². The van der Waals surface area contributed by atoms with Crippen LogP contribution in [-0.4, -0.2) is 57.4 Å². The third-order valence-electron chi connectivity index (χ3n) is 4.34. The fraction of sp³-hybridized carbons (Fsp3) is 0.619. The van der Waals surface area contributed by atoms with Gasteiger partial charge in [0.25, 0.3) is 5.91 Å². The van der Waals surface area contributed by atoms with Crippen molar-refractivity contribution in [2.24, 2.45) is 4.99 Å². The van der Waals surface area contributed by atoms with Crippen LogP contribution in [0.2, 0.25) is 0 Å². The molecule has 0 bridgehead atoms. The van der Waals surface area contributed by atoms with Crippen LogP contribution < -0.4 is 16.0 Å². The number of rotatable bonds is 11. The highest BCUT2D eigenvalue weighted by atomic mass is 16.5. The average Bonchev–Trinajstić information content (AvgIpc) is 3.23. The van der Waals surface area contributed by atoms with Crippen molar-refractivity contribution in [1.82, 2.24) is 16.0 Å². The van der Waals surface area contributed by atoms with Crippen molar-refractivity contribution in [3.05, 3.63) is 35.4 Å². The van der Waals surface area contributed by atoms with E-state index in [-0.39, 0.29) is 12.0 Å². The first-order chi connectivity index (χ1) is 13.7. The minimum absolute atomic E-state index is 0.0367. The predicted molar refractivity (Wildman–Crippen MR) is 112 cm³/mol. The maximum Gasteiger partial charge on any atom is 0.251 e. The van der Waals surface area contributed by atoms with Gasteiger partial charge in [-0.2, -0.15) is 0 Å². The van der Waals surface area contributed by atoms with Crippen LogP contribution in [0, 0.1) is 0 Å². The van der Waals surface area contributed by atoms with Gasteiger partial charge in [0.05, 0.1) is 19.3 Å². The molecule has 1 aromatic carbocycles. The zero-order chi connectivity index (χ0) is 20.0. The highest BCUT2D eigenvalue weighted by molar-refractivity contribution is 5.94. The lowest BCUT2D eigenvalue weighted by molar-refractivity contribution is 0.0420. The van der Waals surface area contributed by atoms with Crippen molar-refractivity contribution in [1.29, 1.82) is 0 Å². The van der Waals surface area contributed by atoms with E-state index in [9.17, 15) is 4.79 Å². The lowest BCUT2D eigenvalue weighted by Gasteiger charge is -2.13. The molecule has 1 saturated heterocycles. The second-order valence-electron chi connectivity index (χ2n) is 6.79. The van der Waals surface area contributed by atoms with Gasteiger partial charge in [-0.25, -0.2) is 4.99 Å². The summed E-state index contributed by atoms with van der Waals surface area (Å²) in [6, 6.07) is 7.62. The molecule has 1 amide bonds. The summed E-state index contributed by atoms with van der Waals surface area (Å²) in [5, 5.41) is 9.48. The van der Waals surface area contributed by atoms with E-state index >= 15 is 0 Å². The SMILES string of the molecule is CCCNC(=O)c1cccc(CN=C(NCC)NCCCOC2CCOC2)c1. The topological polar surface area (TPSA) is 84.0 Å². The third-order valence-corrected chi connectivity index (χ3v) is 4.34. The molecule has 0 aliphatic carbocycles. The van der Waals surface area contributed by atoms with Crippen LogP contribution in [0.4, 0.5) is 0 Å². The molecule has 1 aliphatic rings. The van der Waals surface area contributed by atoms with Gasteiger partial charge in [-0.05, 0) is 43.9 Å². The Balaban J connectivity index is 1.78. The minimum atomic E-state index is -0.0367. The summed E-state index contributed by atoms with van der Waals surface area (Å²) >= 11 is 0. The van der Waals surface area contributed by atoms with Crippen molar-refractivity contribution in [3.8, 4) is 0 Å². The summed E-state index contributed by atoms with van der Waals surface area (Å²) in [7, 11) is 0. The molecule has 0 aromatic heterocycles. The van der Waals surface area contributed by atoms with Crippen LogP contribution in [0.5, 0.6) is 0 Å². The molecule has 1 aromatic rings. The molecule has 2 rings (SSSR count). The Bertz CT molecular complexity index is 615. The van der Waals surface area contributed by atoms with Gasteiger partial charge in [-0.15, -0.1) is 0 Å². The highest BCUT2D eigenvalue weighted by Crippen LogP contribution is 2.08. The molecule has 28 heavy (non-hydrogen) atoms. The largest absolute Gasteiger partial charge is 0.379 e. The van der Waals surface area contributed by atoms with Gasteiger partial charge >= 0.3 is 0 Å². The molecular formula is C21H34N4O3. The van der Waals surface area contributed by atoms with Gasteiger partial charge < -0.3 is 25.4 Å². The molecule has 1 fully saturated rings. The first-order valence-electron chi connectivity index (χ1n) is 10.3. The Morgan fingerprint density at radius 3 is 2.89 bits per heavy atom. The summed E-state index contributed by atoms with van der Waals surface area (Å²) in [5.41, 5.74) is 1.68. The fourth-order valence-corrected chi connectivity index (χ4v) is 2.84. The zero-order valence-electron chi connectivity index (χ0n) is 17.1. The van der Waals surface area contributed by atoms with Gasteiger partial charge in [-0.1, -0.05) is 19.1 Å². The smallest absolute Gasteiger partial charge is 0.251 e. The summed E-state index contributed by atoms with van der Waals surface area (Å²) in [5.74, 6) is 0.734. The van der Waals surface area contributed by atoms with E-state index in [1.54, 1.807) is 0 Å². The maximum atomic E-state index is 12.1. The molecule has 0 saturated carbocycles. The maximum absolute atomic E-state index is 12.1. The number of guanidine groups is 1. The molecule has 1 unspecified atom stereocenters. The monoisotopic (exact) mass is 390 g/mol. The summed E-state index contributed by atoms with van der Waals surface area (Å²) in [6.07, 6.45) is 3.08. The number of hydrogen-bond donors (Lipinski definition) is 3. The number of amides is 1. The molecule has 7 nitrogen and oxygen atoms in total. The zero-order valence-corrected chi connectivity index (χ0v) is 17.1. The lowest BCUT2D eigenvalue weighted by atomic mass is 10.1. The van der Waals surface area contributed by atoms with Gasteiger partial charge in [0, 0.05) is 38.4 Å². The Labute approximate surface area is 168 Å². The second-order valence-corrected chi connectivity index (χ2v) is 6.79. The number of ether oxygens (including phenoxy) is 2. The molecule has 1 atom stereocenters. The molecular weight excluding hydrogens is 356 g/mol. The summed E-state index contributed by atoms with van der Waals surface area (Å²) < 4.78 is 11.1. The number of nitrogens with zero attached hydrogens (tertiary/aromatic N) is 1. The molecule has 7 heteroatoms. The molecule has 0 spiro atoms. The Kier molecular flexibility index (Phi) is 10.4. The highest BCUT2D eigenvalue weighted by Gasteiger charge is 2.15. The normalized spacial score (nSPS) is 16.8. The van der Waals surface area contributed by atoms with Crippen molar-refractivity contribution < 1.29 is 14.3 Å². The first kappa shape index (κ1) is 22.2. The van der Waals surface area contributed by atoms with Gasteiger partial charge in [0.1, 0.15) is 0 Å². The van der Waals surface area contributed by atoms with Gasteiger partial charge in [0.15, 0.2) is 5.96 Å². The quantitative estimate of drug-likeness (QED) is 0.306. The fourth-order valence-electron chi connectivity index (χ4n) is 2.84. The van der Waals surface area contributed by atoms with Crippen LogP contribution in [-0.2, 0) is 16.0 Å². The predicted octanol–water partition coefficient (Wildman–Crippen LogP) is 2.08. The van der Waals surface area contributed by atoms with Crippen LogP contribution in [0.15, 0.2) is 29.3 Å². The lowest BCUT2D eigenvalue weighted by Crippen LogP contribution is -2.38. The minimum Gasteiger partial charge on any atom is -0.379 e. The van der Waals surface area contributed by atoms with Crippen LogP contribution in [0.3, 0.4) is 0 Å². The van der Waals surface area contributed by atoms with Crippen LogP contribution >= 0.6 is 0 Å². The average molecular weight is 391 g/mol. The summed E-state index contributed by atoms with van der Waals surface area (Å²) in [4.78, 5) is 16.7. The van der Waals surface area contributed by atoms with Gasteiger partial charge in [-0.3, -0.25) is 4.79 Å². The molecule has 0 radical (unpaired) electrons. The number of carbonyl (C=O) groups excluding carboxylic acids is 1. The first-order valence-corrected chi connectivity index (χ1v) is 10.3. The Morgan fingerprint density at radius 1 is 1.25 bits per heavy atom. The van der Waals surface area contributed by atoms with E-state index < -0.39 is 0 Å². The standard InChI is InChI=1S/C21H34N4O3/c1-3-10-23-20(26)18-8-5-7-17(14-18)15-25-21(22-4-2)24-11-6-12-28-19-9-13-27-16-19/h5,7-8,14,19H,3-4,6,9-13,15-16H2,1-2H3,(H,23,26)(H2,22,24,25). The number of aliphatic imine (C=N–C) groups is 1. The number of carbonyl (C=O) groups is 1. The molecule has 1 aliphatic heterocycles. The number of benzene rings is 1. The van der Waals surface area contributed by atoms with E-state index in [2.05, 4.69) is 20.9 Å². The van der Waals surface area contributed by atoms with Crippen molar-refractivity contribution in [3.63, 3.8) is 0 Å². The molecule has 1 heterocycles. The Morgan fingerprint density at radius 2 is 2.14 bits per heavy atom. The van der Waals surface area contributed by atoms with Crippen molar-refractivity contribution in [2.45, 2.75) is 45.8 Å². The summed E-state index contributed by atoms with van der Waals surface area (Å²) in [6.45, 7) is 9.10. The second kappa shape index (κ2) is 13.1. The van der Waals surface area contributed by atoms with Crippen LogP contribution in [0.1, 0.15) is 49.0 Å². The van der Waals surface area contributed by atoms with Crippen molar-refractivity contribution >= 4 is 11.9 Å². The van der Waals surface area contributed by atoms with E-state index in [0.29, 0.717) is 25.3 Å². The third kappa shape index (κ3) is 8.27. The molecule has 156 valence electrons. The van der Waals surface area contributed by atoms with Crippen LogP contribution in [0.25, 0.3) is 0 Å². The van der Waals surface area contributed by atoms with E-state index in [1.165, 1.54) is 0 Å². The Hall–Kier alpha value is -2.12.